The van der Waals surface area contributed by atoms with E-state index in [0.29, 0.717) is 13.1 Å². The fourth-order valence-corrected chi connectivity index (χ4v) is 3.35. The van der Waals surface area contributed by atoms with Gasteiger partial charge in [0, 0.05) is 23.9 Å². The molecule has 5 nitrogen and oxygen atoms in total. The molecule has 6 heteroatoms. The van der Waals surface area contributed by atoms with Crippen molar-refractivity contribution in [3.63, 3.8) is 0 Å². The summed E-state index contributed by atoms with van der Waals surface area (Å²) in [6.45, 7) is 4.63. The summed E-state index contributed by atoms with van der Waals surface area (Å²) in [7, 11) is -1.65. The molecule has 1 heterocycles. The first-order chi connectivity index (χ1) is 7.99. The standard InChI is InChI=1S/C11H19NO4S/c1-3-9(11(14)15)17(16)8(2)10(13)12-6-4-5-7-12/h8-9H,3-7H2,1-2H3,(H,14,15). The minimum absolute atomic E-state index is 0.180. The molecule has 1 rings (SSSR count). The first-order valence-corrected chi connectivity index (χ1v) is 7.17. The number of carboxylic acid groups (broad SMARTS) is 1. The van der Waals surface area contributed by atoms with E-state index in [1.807, 2.05) is 0 Å². The van der Waals surface area contributed by atoms with E-state index in [0.717, 1.165) is 12.8 Å². The average Bonchev–Trinajstić information content (AvgIpc) is 2.80. The Hall–Kier alpha value is -0.910. The summed E-state index contributed by atoms with van der Waals surface area (Å²) in [6, 6.07) is 0. The van der Waals surface area contributed by atoms with Gasteiger partial charge in [0.25, 0.3) is 0 Å². The number of nitrogens with zero attached hydrogens (tertiary/aromatic N) is 1. The van der Waals surface area contributed by atoms with E-state index >= 15 is 0 Å². The Morgan fingerprint density at radius 2 is 1.88 bits per heavy atom. The van der Waals surface area contributed by atoms with E-state index in [9.17, 15) is 13.8 Å². The van der Waals surface area contributed by atoms with Crippen molar-refractivity contribution in [1.29, 1.82) is 0 Å². The van der Waals surface area contributed by atoms with Crippen molar-refractivity contribution in [3.05, 3.63) is 0 Å². The molecule has 0 radical (unpaired) electrons. The largest absolute Gasteiger partial charge is 0.480 e. The first-order valence-electron chi connectivity index (χ1n) is 5.90. The fourth-order valence-electron chi connectivity index (χ4n) is 1.98. The number of rotatable bonds is 5. The lowest BCUT2D eigenvalue weighted by Gasteiger charge is -2.21. The van der Waals surface area contributed by atoms with Crippen molar-refractivity contribution in [3.8, 4) is 0 Å². The Morgan fingerprint density at radius 1 is 1.35 bits per heavy atom. The summed E-state index contributed by atoms with van der Waals surface area (Å²) in [6.07, 6.45) is 2.22. The predicted octanol–water partition coefficient (Wildman–Crippen LogP) is 0.609. The smallest absolute Gasteiger partial charge is 0.319 e. The Balaban J connectivity index is 2.67. The molecule has 1 saturated heterocycles. The lowest BCUT2D eigenvalue weighted by atomic mass is 10.3. The zero-order chi connectivity index (χ0) is 13.0. The highest BCUT2D eigenvalue weighted by Crippen LogP contribution is 2.15. The van der Waals surface area contributed by atoms with Gasteiger partial charge in [-0.2, -0.15) is 0 Å². The lowest BCUT2D eigenvalue weighted by Crippen LogP contribution is -2.42. The number of hydrogen-bond acceptors (Lipinski definition) is 3. The quantitative estimate of drug-likeness (QED) is 0.787. The second-order valence-electron chi connectivity index (χ2n) is 4.24. The molecule has 17 heavy (non-hydrogen) atoms. The van der Waals surface area contributed by atoms with Crippen molar-refractivity contribution in [2.45, 2.75) is 43.6 Å². The molecule has 1 N–H and O–H groups in total. The van der Waals surface area contributed by atoms with Gasteiger partial charge < -0.3 is 10.0 Å². The van der Waals surface area contributed by atoms with E-state index in [2.05, 4.69) is 0 Å². The molecule has 0 saturated carbocycles. The van der Waals surface area contributed by atoms with Gasteiger partial charge in [-0.25, -0.2) is 0 Å². The van der Waals surface area contributed by atoms with Crippen molar-refractivity contribution in [2.24, 2.45) is 0 Å². The van der Waals surface area contributed by atoms with Crippen LogP contribution < -0.4 is 0 Å². The van der Waals surface area contributed by atoms with Crippen LogP contribution in [-0.2, 0) is 20.4 Å². The molecule has 1 aliphatic heterocycles. The van der Waals surface area contributed by atoms with E-state index in [1.54, 1.807) is 18.7 Å². The van der Waals surface area contributed by atoms with Crippen LogP contribution in [0.25, 0.3) is 0 Å². The minimum atomic E-state index is -1.65. The van der Waals surface area contributed by atoms with E-state index in [-0.39, 0.29) is 12.3 Å². The maximum absolute atomic E-state index is 12.0. The van der Waals surface area contributed by atoms with E-state index in [1.165, 1.54) is 0 Å². The van der Waals surface area contributed by atoms with Crippen LogP contribution in [0.4, 0.5) is 0 Å². The number of carboxylic acids is 1. The predicted molar refractivity (Wildman–Crippen MR) is 65.1 cm³/mol. The average molecular weight is 261 g/mol. The van der Waals surface area contributed by atoms with Gasteiger partial charge in [0.1, 0.15) is 10.5 Å². The number of likely N-dealkylation sites (tertiary alicyclic amines) is 1. The van der Waals surface area contributed by atoms with Crippen LogP contribution in [0.2, 0.25) is 0 Å². The number of amides is 1. The molecule has 98 valence electrons. The summed E-state index contributed by atoms with van der Waals surface area (Å²) >= 11 is 0. The monoisotopic (exact) mass is 261 g/mol. The molecule has 1 amide bonds. The highest BCUT2D eigenvalue weighted by Gasteiger charge is 2.33. The van der Waals surface area contributed by atoms with E-state index in [4.69, 9.17) is 5.11 Å². The fraction of sp³-hybridized carbons (Fsp3) is 0.818. The number of carbonyl (C=O) groups excluding carboxylic acids is 1. The maximum atomic E-state index is 12.0. The summed E-state index contributed by atoms with van der Waals surface area (Å²) in [5.41, 5.74) is 0. The van der Waals surface area contributed by atoms with Crippen LogP contribution >= 0.6 is 0 Å². The second-order valence-corrected chi connectivity index (χ2v) is 6.17. The number of aliphatic carboxylic acids is 1. The Kier molecular flexibility index (Phi) is 5.11. The molecule has 0 bridgehead atoms. The van der Waals surface area contributed by atoms with Crippen LogP contribution in [0.1, 0.15) is 33.1 Å². The zero-order valence-electron chi connectivity index (χ0n) is 10.2. The molecule has 0 aromatic carbocycles. The zero-order valence-corrected chi connectivity index (χ0v) is 11.0. The van der Waals surface area contributed by atoms with Crippen LogP contribution in [0.5, 0.6) is 0 Å². The molecular weight excluding hydrogens is 242 g/mol. The maximum Gasteiger partial charge on any atom is 0.319 e. The van der Waals surface area contributed by atoms with Crippen LogP contribution in [-0.4, -0.2) is 49.7 Å². The first kappa shape index (κ1) is 14.2. The Morgan fingerprint density at radius 3 is 2.29 bits per heavy atom. The highest BCUT2D eigenvalue weighted by atomic mass is 32.2. The van der Waals surface area contributed by atoms with Crippen LogP contribution in [0.3, 0.4) is 0 Å². The van der Waals surface area contributed by atoms with Crippen molar-refractivity contribution >= 4 is 22.7 Å². The van der Waals surface area contributed by atoms with Crippen LogP contribution in [0, 0.1) is 0 Å². The van der Waals surface area contributed by atoms with Gasteiger partial charge in [0.05, 0.1) is 0 Å². The normalized spacial score (nSPS) is 20.9. The summed E-state index contributed by atoms with van der Waals surface area (Å²) in [5, 5.41) is 7.25. The van der Waals surface area contributed by atoms with Gasteiger partial charge in [-0.1, -0.05) is 6.92 Å². The molecule has 0 aliphatic carbocycles. The molecule has 1 fully saturated rings. The molecule has 1 aliphatic rings. The molecule has 3 atom stereocenters. The SMILES string of the molecule is CCC(C(=O)O)S(=O)C(C)C(=O)N1CCCC1. The van der Waals surface area contributed by atoms with Gasteiger partial charge in [-0.3, -0.25) is 13.8 Å². The van der Waals surface area contributed by atoms with Crippen molar-refractivity contribution in [1.82, 2.24) is 4.90 Å². The van der Waals surface area contributed by atoms with E-state index < -0.39 is 27.3 Å². The summed E-state index contributed by atoms with van der Waals surface area (Å²) in [5.74, 6) is -1.27. The third kappa shape index (κ3) is 3.28. The van der Waals surface area contributed by atoms with Gasteiger partial charge >= 0.3 is 5.97 Å². The molecule has 3 unspecified atom stereocenters. The topological polar surface area (TPSA) is 74.7 Å². The van der Waals surface area contributed by atoms with Gasteiger partial charge in [0.15, 0.2) is 0 Å². The molecule has 0 aromatic rings. The summed E-state index contributed by atoms with van der Waals surface area (Å²) < 4.78 is 12.0. The lowest BCUT2D eigenvalue weighted by molar-refractivity contribution is -0.136. The van der Waals surface area contributed by atoms with Gasteiger partial charge in [-0.05, 0) is 26.2 Å². The van der Waals surface area contributed by atoms with Crippen molar-refractivity contribution < 1.29 is 18.9 Å². The third-order valence-corrected chi connectivity index (χ3v) is 5.03. The van der Waals surface area contributed by atoms with Gasteiger partial charge in [0.2, 0.25) is 5.91 Å². The summed E-state index contributed by atoms with van der Waals surface area (Å²) in [4.78, 5) is 24.5. The highest BCUT2D eigenvalue weighted by molar-refractivity contribution is 7.87. The number of hydrogen-bond donors (Lipinski definition) is 1. The number of carbonyl (C=O) groups is 2. The third-order valence-electron chi connectivity index (χ3n) is 3.04. The second kappa shape index (κ2) is 6.14. The molecule has 0 aromatic heterocycles. The molecule has 0 spiro atoms. The van der Waals surface area contributed by atoms with Crippen molar-refractivity contribution in [2.75, 3.05) is 13.1 Å². The van der Waals surface area contributed by atoms with Gasteiger partial charge in [-0.15, -0.1) is 0 Å². The van der Waals surface area contributed by atoms with Crippen LogP contribution in [0.15, 0.2) is 0 Å². The Bertz CT molecular complexity index is 325. The molecular formula is C11H19NO4S. The Labute approximate surface area is 104 Å². The minimum Gasteiger partial charge on any atom is -0.480 e.